The average Bonchev–Trinajstić information content (AvgIpc) is 2.55. The summed E-state index contributed by atoms with van der Waals surface area (Å²) in [6, 6.07) is 13.3. The number of nitriles is 2. The summed E-state index contributed by atoms with van der Waals surface area (Å²) in [4.78, 5) is 12.2. The van der Waals surface area contributed by atoms with E-state index in [1.165, 1.54) is 18.2 Å². The first-order valence-corrected chi connectivity index (χ1v) is 6.28. The van der Waals surface area contributed by atoms with Crippen LogP contribution in [0.25, 0.3) is 6.08 Å². The van der Waals surface area contributed by atoms with Gasteiger partial charge in [0.15, 0.2) is 11.5 Å². The summed E-state index contributed by atoms with van der Waals surface area (Å²) in [5, 5.41) is 17.2. The number of ketones is 1. The smallest absolute Gasteiger partial charge is 0.292 e. The fourth-order valence-corrected chi connectivity index (χ4v) is 1.82. The summed E-state index contributed by atoms with van der Waals surface area (Å²) in [6.07, 6.45) is 6.01. The second-order valence-electron chi connectivity index (χ2n) is 4.12. The molecule has 0 saturated heterocycles. The van der Waals surface area contributed by atoms with Crippen LogP contribution in [0.1, 0.15) is 15.9 Å². The molecule has 0 aliphatic rings. The molecule has 0 heterocycles. The van der Waals surface area contributed by atoms with Crippen LogP contribution < -0.4 is 9.47 Å². The average molecular weight is 290 g/mol. The van der Waals surface area contributed by atoms with E-state index in [-0.39, 0.29) is 17.1 Å². The molecule has 0 saturated carbocycles. The Balaban J connectivity index is 2.27. The fourth-order valence-electron chi connectivity index (χ4n) is 1.82. The van der Waals surface area contributed by atoms with E-state index in [0.717, 1.165) is 0 Å². The van der Waals surface area contributed by atoms with Crippen LogP contribution in [-0.4, -0.2) is 5.78 Å². The van der Waals surface area contributed by atoms with Gasteiger partial charge in [0.25, 0.3) is 12.5 Å². The Bertz CT molecular complexity index is 798. The van der Waals surface area contributed by atoms with Crippen molar-refractivity contribution in [3.8, 4) is 24.0 Å². The predicted octanol–water partition coefficient (Wildman–Crippen LogP) is 3.30. The maximum atomic E-state index is 12.2. The van der Waals surface area contributed by atoms with E-state index in [1.54, 1.807) is 55.0 Å². The fraction of sp³-hybridized carbons (Fsp3) is 0. The lowest BCUT2D eigenvalue weighted by molar-refractivity contribution is 0.104. The van der Waals surface area contributed by atoms with E-state index in [0.29, 0.717) is 11.3 Å². The molecule has 0 bridgehead atoms. The molecule has 0 aliphatic heterocycles. The van der Waals surface area contributed by atoms with E-state index < -0.39 is 0 Å². The van der Waals surface area contributed by atoms with Crippen LogP contribution >= 0.6 is 0 Å². The maximum Gasteiger partial charge on any atom is 0.292 e. The Morgan fingerprint density at radius 1 is 0.909 bits per heavy atom. The van der Waals surface area contributed by atoms with Crippen molar-refractivity contribution in [2.75, 3.05) is 0 Å². The van der Waals surface area contributed by atoms with Crippen LogP contribution in [0.15, 0.2) is 54.6 Å². The minimum absolute atomic E-state index is 0.196. The van der Waals surface area contributed by atoms with Gasteiger partial charge in [0.05, 0.1) is 5.56 Å². The standard InChI is InChI=1S/C17H10N2O3/c18-11-21-16-7-3-1-5-13(16)9-10-15(20)14-6-2-4-8-17(14)22-12-19/h1-10H/b10-9+. The number of carbonyl (C=O) groups is 1. The van der Waals surface area contributed by atoms with E-state index in [2.05, 4.69) is 0 Å². The third-order valence-electron chi connectivity index (χ3n) is 2.80. The number of allylic oxidation sites excluding steroid dienone is 1. The minimum Gasteiger partial charge on any atom is -0.387 e. The summed E-state index contributed by atoms with van der Waals surface area (Å²) in [5.41, 5.74) is 0.870. The van der Waals surface area contributed by atoms with Crippen LogP contribution in [0.4, 0.5) is 0 Å². The number of ether oxygens (including phenoxy) is 2. The Labute approximate surface area is 127 Å². The molecule has 2 rings (SSSR count). The molecule has 0 atom stereocenters. The summed E-state index contributed by atoms with van der Waals surface area (Å²) >= 11 is 0. The largest absolute Gasteiger partial charge is 0.387 e. The van der Waals surface area contributed by atoms with Crippen LogP contribution in [0.3, 0.4) is 0 Å². The van der Waals surface area contributed by atoms with Crippen LogP contribution in [0.5, 0.6) is 11.5 Å². The molecular formula is C17H10N2O3. The second kappa shape index (κ2) is 7.28. The van der Waals surface area contributed by atoms with Crippen LogP contribution in [0.2, 0.25) is 0 Å². The molecule has 0 aliphatic carbocycles. The molecule has 5 heteroatoms. The van der Waals surface area contributed by atoms with Crippen molar-refractivity contribution in [2.24, 2.45) is 0 Å². The summed E-state index contributed by atoms with van der Waals surface area (Å²) < 4.78 is 9.57. The van der Waals surface area contributed by atoms with Crippen molar-refractivity contribution in [3.05, 3.63) is 65.7 Å². The van der Waals surface area contributed by atoms with Crippen molar-refractivity contribution in [3.63, 3.8) is 0 Å². The highest BCUT2D eigenvalue weighted by atomic mass is 16.5. The third-order valence-corrected chi connectivity index (χ3v) is 2.80. The zero-order valence-corrected chi connectivity index (χ0v) is 11.4. The van der Waals surface area contributed by atoms with Crippen molar-refractivity contribution in [1.82, 2.24) is 0 Å². The second-order valence-corrected chi connectivity index (χ2v) is 4.12. The zero-order chi connectivity index (χ0) is 15.8. The molecule has 5 nitrogen and oxygen atoms in total. The topological polar surface area (TPSA) is 83.1 Å². The summed E-state index contributed by atoms with van der Waals surface area (Å²) in [6.45, 7) is 0. The Morgan fingerprint density at radius 2 is 1.50 bits per heavy atom. The van der Waals surface area contributed by atoms with E-state index in [4.69, 9.17) is 20.0 Å². The number of carbonyl (C=O) groups excluding carboxylic acids is 1. The van der Waals surface area contributed by atoms with Crippen LogP contribution in [-0.2, 0) is 0 Å². The first kappa shape index (κ1) is 14.8. The van der Waals surface area contributed by atoms with Crippen molar-refractivity contribution in [2.45, 2.75) is 0 Å². The van der Waals surface area contributed by atoms with Gasteiger partial charge in [0.1, 0.15) is 5.75 Å². The predicted molar refractivity (Wildman–Crippen MR) is 78.7 cm³/mol. The number of hydrogen-bond acceptors (Lipinski definition) is 5. The number of nitrogens with zero attached hydrogens (tertiary/aromatic N) is 2. The lowest BCUT2D eigenvalue weighted by Gasteiger charge is -2.03. The van der Waals surface area contributed by atoms with Gasteiger partial charge in [-0.3, -0.25) is 4.79 Å². The molecule has 0 unspecified atom stereocenters. The molecule has 2 aromatic carbocycles. The van der Waals surface area contributed by atoms with Crippen LogP contribution in [0, 0.1) is 23.0 Å². The Hall–Kier alpha value is -3.57. The Morgan fingerprint density at radius 3 is 2.23 bits per heavy atom. The van der Waals surface area contributed by atoms with Gasteiger partial charge in [-0.25, -0.2) is 0 Å². The number of hydrogen-bond donors (Lipinski definition) is 0. The molecule has 22 heavy (non-hydrogen) atoms. The first-order valence-electron chi connectivity index (χ1n) is 6.28. The van der Waals surface area contributed by atoms with Gasteiger partial charge in [0, 0.05) is 5.56 Å². The molecule has 2 aromatic rings. The quantitative estimate of drug-likeness (QED) is 0.479. The monoisotopic (exact) mass is 290 g/mol. The summed E-state index contributed by atoms with van der Waals surface area (Å²) in [5.74, 6) is 0.231. The Kier molecular flexibility index (Phi) is 4.90. The summed E-state index contributed by atoms with van der Waals surface area (Å²) in [7, 11) is 0. The van der Waals surface area contributed by atoms with Gasteiger partial charge >= 0.3 is 0 Å². The number of benzene rings is 2. The van der Waals surface area contributed by atoms with Gasteiger partial charge in [-0.05, 0) is 30.4 Å². The molecule has 0 amide bonds. The third kappa shape index (κ3) is 3.50. The lowest BCUT2D eigenvalue weighted by atomic mass is 10.1. The van der Waals surface area contributed by atoms with Crippen molar-refractivity contribution < 1.29 is 14.3 Å². The van der Waals surface area contributed by atoms with Crippen molar-refractivity contribution in [1.29, 1.82) is 10.5 Å². The molecule has 0 radical (unpaired) electrons. The van der Waals surface area contributed by atoms with E-state index in [9.17, 15) is 4.79 Å². The molecule has 0 N–H and O–H groups in total. The van der Waals surface area contributed by atoms with Crippen molar-refractivity contribution >= 4 is 11.9 Å². The van der Waals surface area contributed by atoms with Gasteiger partial charge < -0.3 is 9.47 Å². The number of rotatable bonds is 5. The molecule has 0 aromatic heterocycles. The van der Waals surface area contributed by atoms with E-state index >= 15 is 0 Å². The van der Waals surface area contributed by atoms with Gasteiger partial charge in [-0.15, -0.1) is 10.5 Å². The highest BCUT2D eigenvalue weighted by molar-refractivity contribution is 6.08. The number of para-hydroxylation sites is 2. The minimum atomic E-state index is -0.322. The SMILES string of the molecule is N#COc1ccccc1/C=C/C(=O)c1ccccc1OC#N. The molecule has 0 fully saturated rings. The highest BCUT2D eigenvalue weighted by Crippen LogP contribution is 2.22. The highest BCUT2D eigenvalue weighted by Gasteiger charge is 2.10. The molecule has 0 spiro atoms. The maximum absolute atomic E-state index is 12.2. The normalized spacial score (nSPS) is 9.73. The lowest BCUT2D eigenvalue weighted by Crippen LogP contribution is -1.98. The van der Waals surface area contributed by atoms with Gasteiger partial charge in [-0.1, -0.05) is 30.3 Å². The van der Waals surface area contributed by atoms with Gasteiger partial charge in [0.2, 0.25) is 0 Å². The molecule has 106 valence electrons. The van der Waals surface area contributed by atoms with E-state index in [1.807, 2.05) is 0 Å². The molecular weight excluding hydrogens is 280 g/mol. The first-order chi connectivity index (χ1) is 10.8. The van der Waals surface area contributed by atoms with Gasteiger partial charge in [-0.2, -0.15) is 0 Å². The zero-order valence-electron chi connectivity index (χ0n) is 11.4.